The Morgan fingerprint density at radius 1 is 1.30 bits per heavy atom. The lowest BCUT2D eigenvalue weighted by molar-refractivity contribution is -0.0613. The Kier molecular flexibility index (Phi) is 4.85. The third-order valence-electron chi connectivity index (χ3n) is 3.80. The number of amides is 1. The van der Waals surface area contributed by atoms with Crippen LogP contribution in [0.15, 0.2) is 35.9 Å². The van der Waals surface area contributed by atoms with Gasteiger partial charge in [-0.1, -0.05) is 36.4 Å². The van der Waals surface area contributed by atoms with Crippen LogP contribution in [0.5, 0.6) is 0 Å². The summed E-state index contributed by atoms with van der Waals surface area (Å²) in [5.74, 6) is 0. The fraction of sp³-hybridized carbons (Fsp3) is 0.526. The fourth-order valence-electron chi connectivity index (χ4n) is 2.70. The van der Waals surface area contributed by atoms with Gasteiger partial charge in [0, 0.05) is 0 Å². The van der Waals surface area contributed by atoms with Gasteiger partial charge in [0.2, 0.25) is 0 Å². The maximum atomic E-state index is 12.6. The van der Waals surface area contributed by atoms with Crippen molar-refractivity contribution in [1.82, 2.24) is 4.90 Å². The quantitative estimate of drug-likeness (QED) is 0.808. The van der Waals surface area contributed by atoms with Gasteiger partial charge in [0.05, 0.1) is 12.6 Å². The summed E-state index contributed by atoms with van der Waals surface area (Å²) in [6.45, 7) is 11.9. The van der Waals surface area contributed by atoms with Gasteiger partial charge in [-0.15, -0.1) is 0 Å². The van der Waals surface area contributed by atoms with Crippen molar-refractivity contribution in [3.05, 3.63) is 41.5 Å². The van der Waals surface area contributed by atoms with Gasteiger partial charge in [0.25, 0.3) is 0 Å². The van der Waals surface area contributed by atoms with Crippen LogP contribution in [0.3, 0.4) is 0 Å². The molecule has 1 aliphatic heterocycles. The molecule has 1 atom stereocenters. The number of rotatable bonds is 2. The van der Waals surface area contributed by atoms with E-state index in [9.17, 15) is 4.79 Å². The van der Waals surface area contributed by atoms with Crippen molar-refractivity contribution in [2.24, 2.45) is 0 Å². The second-order valence-electron chi connectivity index (χ2n) is 7.42. The highest BCUT2D eigenvalue weighted by Crippen LogP contribution is 2.33. The standard InChI is InChI=1S/C19H27NO3/c1-14(12-15-10-8-7-9-11-15)16-13-22-19(5,6)20(16)17(21)23-18(2,3)4/h7-12,16H,13H2,1-6H3. The van der Waals surface area contributed by atoms with E-state index in [0.717, 1.165) is 11.1 Å². The van der Waals surface area contributed by atoms with Gasteiger partial charge in [-0.25, -0.2) is 4.79 Å². The molecule has 0 aliphatic carbocycles. The SMILES string of the molecule is CC(=Cc1ccccc1)C1COC(C)(C)N1C(=O)OC(C)(C)C. The molecule has 1 heterocycles. The molecule has 1 amide bonds. The highest BCUT2D eigenvalue weighted by molar-refractivity contribution is 5.71. The molecular formula is C19H27NO3. The molecule has 0 N–H and O–H groups in total. The van der Waals surface area contributed by atoms with Gasteiger partial charge >= 0.3 is 6.09 Å². The van der Waals surface area contributed by atoms with Crippen molar-refractivity contribution in [1.29, 1.82) is 0 Å². The van der Waals surface area contributed by atoms with Gasteiger partial charge in [-0.3, -0.25) is 4.90 Å². The van der Waals surface area contributed by atoms with Crippen molar-refractivity contribution >= 4 is 12.2 Å². The molecule has 23 heavy (non-hydrogen) atoms. The van der Waals surface area contributed by atoms with Crippen LogP contribution in [0, 0.1) is 0 Å². The Morgan fingerprint density at radius 2 is 1.91 bits per heavy atom. The Bertz CT molecular complexity index is 584. The molecule has 0 spiro atoms. The Labute approximate surface area is 139 Å². The van der Waals surface area contributed by atoms with Crippen molar-refractivity contribution in [3.8, 4) is 0 Å². The van der Waals surface area contributed by atoms with E-state index in [1.165, 1.54) is 0 Å². The summed E-state index contributed by atoms with van der Waals surface area (Å²) >= 11 is 0. The third-order valence-corrected chi connectivity index (χ3v) is 3.80. The first-order valence-corrected chi connectivity index (χ1v) is 8.00. The zero-order valence-electron chi connectivity index (χ0n) is 14.9. The van der Waals surface area contributed by atoms with Gasteiger partial charge in [-0.05, 0) is 52.7 Å². The Hall–Kier alpha value is -1.81. The largest absolute Gasteiger partial charge is 0.444 e. The third kappa shape index (κ3) is 4.35. The number of hydrogen-bond donors (Lipinski definition) is 0. The molecule has 0 bridgehead atoms. The summed E-state index contributed by atoms with van der Waals surface area (Å²) in [4.78, 5) is 14.3. The lowest BCUT2D eigenvalue weighted by Gasteiger charge is -2.35. The van der Waals surface area contributed by atoms with Gasteiger partial charge < -0.3 is 9.47 Å². The Morgan fingerprint density at radius 3 is 2.48 bits per heavy atom. The molecule has 4 nitrogen and oxygen atoms in total. The van der Waals surface area contributed by atoms with E-state index < -0.39 is 11.3 Å². The summed E-state index contributed by atoms with van der Waals surface area (Å²) in [6, 6.07) is 9.95. The minimum atomic E-state index is -0.682. The van der Waals surface area contributed by atoms with Crippen molar-refractivity contribution in [2.45, 2.75) is 58.9 Å². The van der Waals surface area contributed by atoms with E-state index in [2.05, 4.69) is 6.08 Å². The molecule has 1 aliphatic rings. The number of carbonyl (C=O) groups is 1. The summed E-state index contributed by atoms with van der Waals surface area (Å²) in [5, 5.41) is 0. The lowest BCUT2D eigenvalue weighted by atomic mass is 10.0. The lowest BCUT2D eigenvalue weighted by Crippen LogP contribution is -2.50. The molecule has 2 rings (SSSR count). The molecule has 1 aromatic carbocycles. The smallest absolute Gasteiger partial charge is 0.413 e. The van der Waals surface area contributed by atoms with Crippen LogP contribution in [0.2, 0.25) is 0 Å². The van der Waals surface area contributed by atoms with Crippen LogP contribution >= 0.6 is 0 Å². The molecule has 1 unspecified atom stereocenters. The first-order valence-electron chi connectivity index (χ1n) is 8.00. The molecule has 0 aromatic heterocycles. The van der Waals surface area contributed by atoms with Crippen LogP contribution in [0.25, 0.3) is 6.08 Å². The summed E-state index contributed by atoms with van der Waals surface area (Å²) in [7, 11) is 0. The van der Waals surface area contributed by atoms with Crippen molar-refractivity contribution < 1.29 is 14.3 Å². The predicted molar refractivity (Wildman–Crippen MR) is 92.0 cm³/mol. The highest BCUT2D eigenvalue weighted by Gasteiger charge is 2.46. The first-order chi connectivity index (χ1) is 10.6. The topological polar surface area (TPSA) is 38.8 Å². The average molecular weight is 317 g/mol. The van der Waals surface area contributed by atoms with E-state index in [-0.39, 0.29) is 12.1 Å². The zero-order chi connectivity index (χ0) is 17.3. The molecule has 1 fully saturated rings. The van der Waals surface area contributed by atoms with Crippen LogP contribution < -0.4 is 0 Å². The number of nitrogens with zero attached hydrogens (tertiary/aromatic N) is 1. The summed E-state index contributed by atoms with van der Waals surface area (Å²) < 4.78 is 11.4. The normalized spacial score (nSPS) is 21.4. The van der Waals surface area contributed by atoms with Crippen LogP contribution in [-0.4, -0.2) is 35.0 Å². The molecule has 4 heteroatoms. The number of carbonyl (C=O) groups excluding carboxylic acids is 1. The summed E-state index contributed by atoms with van der Waals surface area (Å²) in [5.41, 5.74) is 0.974. The summed E-state index contributed by atoms with van der Waals surface area (Å²) in [6.07, 6.45) is 1.75. The second kappa shape index (κ2) is 6.36. The second-order valence-corrected chi connectivity index (χ2v) is 7.42. The van der Waals surface area contributed by atoms with Crippen LogP contribution in [0.1, 0.15) is 47.1 Å². The first kappa shape index (κ1) is 17.5. The maximum absolute atomic E-state index is 12.6. The number of ether oxygens (including phenoxy) is 2. The zero-order valence-corrected chi connectivity index (χ0v) is 14.9. The Balaban J connectivity index is 2.26. The van der Waals surface area contributed by atoms with Gasteiger partial charge in [0.1, 0.15) is 11.3 Å². The van der Waals surface area contributed by atoms with Crippen molar-refractivity contribution in [2.75, 3.05) is 6.61 Å². The molecule has 1 saturated heterocycles. The molecule has 1 aromatic rings. The molecule has 0 saturated carbocycles. The van der Waals surface area contributed by atoms with Crippen LogP contribution in [-0.2, 0) is 9.47 Å². The van der Waals surface area contributed by atoms with Crippen LogP contribution in [0.4, 0.5) is 4.79 Å². The van der Waals surface area contributed by atoms with E-state index in [1.54, 1.807) is 4.90 Å². The predicted octanol–water partition coefficient (Wildman–Crippen LogP) is 4.46. The number of hydrogen-bond acceptors (Lipinski definition) is 3. The highest BCUT2D eigenvalue weighted by atomic mass is 16.6. The monoisotopic (exact) mass is 317 g/mol. The minimum Gasteiger partial charge on any atom is -0.444 e. The van der Waals surface area contributed by atoms with Crippen molar-refractivity contribution in [3.63, 3.8) is 0 Å². The maximum Gasteiger partial charge on any atom is 0.413 e. The van der Waals surface area contributed by atoms with E-state index >= 15 is 0 Å². The molecular weight excluding hydrogens is 290 g/mol. The van der Waals surface area contributed by atoms with Gasteiger partial charge in [0.15, 0.2) is 0 Å². The van der Waals surface area contributed by atoms with E-state index in [1.807, 2.05) is 71.9 Å². The molecule has 0 radical (unpaired) electrons. The van der Waals surface area contributed by atoms with Gasteiger partial charge in [-0.2, -0.15) is 0 Å². The minimum absolute atomic E-state index is 0.125. The molecule has 126 valence electrons. The van der Waals surface area contributed by atoms with E-state index in [4.69, 9.17) is 9.47 Å². The average Bonchev–Trinajstić information content (AvgIpc) is 2.73. The fourth-order valence-corrected chi connectivity index (χ4v) is 2.70. The van der Waals surface area contributed by atoms with E-state index in [0.29, 0.717) is 6.61 Å². The number of benzene rings is 1.